The number of nitrogens with one attached hydrogen (secondary N) is 1. The summed E-state index contributed by atoms with van der Waals surface area (Å²) < 4.78 is 0. The second-order valence-corrected chi connectivity index (χ2v) is 5.19. The molecule has 3 N–H and O–H groups in total. The van der Waals surface area contributed by atoms with E-state index in [1.807, 2.05) is 24.4 Å². The first-order valence-electron chi connectivity index (χ1n) is 7.05. The number of hydrogen-bond acceptors (Lipinski definition) is 3. The second kappa shape index (κ2) is 5.00. The summed E-state index contributed by atoms with van der Waals surface area (Å²) in [6.45, 7) is 0. The molecule has 0 aliphatic heterocycles. The van der Waals surface area contributed by atoms with E-state index in [1.54, 1.807) is 12.4 Å². The number of nitrogens with two attached hydrogens (primary N) is 1. The van der Waals surface area contributed by atoms with Gasteiger partial charge in [-0.15, -0.1) is 0 Å². The smallest absolute Gasteiger partial charge is 0.123 e. The maximum atomic E-state index is 5.74. The molecule has 0 radical (unpaired) electrons. The van der Waals surface area contributed by atoms with Crippen LogP contribution in [0.15, 0.2) is 67.1 Å². The first-order valence-corrected chi connectivity index (χ1v) is 7.05. The summed E-state index contributed by atoms with van der Waals surface area (Å²) in [6, 6.07) is 16.4. The minimum absolute atomic E-state index is 0.532. The average molecular weight is 286 g/mol. The topological polar surface area (TPSA) is 67.6 Å². The zero-order chi connectivity index (χ0) is 14.9. The summed E-state index contributed by atoms with van der Waals surface area (Å²) in [4.78, 5) is 11.5. The first-order chi connectivity index (χ1) is 10.8. The number of nitrogens with zero attached hydrogens (tertiary/aromatic N) is 2. The fraction of sp³-hybridized carbons (Fsp3) is 0. The molecule has 0 fully saturated rings. The van der Waals surface area contributed by atoms with Gasteiger partial charge in [0.1, 0.15) is 5.82 Å². The van der Waals surface area contributed by atoms with Gasteiger partial charge < -0.3 is 10.7 Å². The summed E-state index contributed by atoms with van der Waals surface area (Å²) >= 11 is 0. The molecule has 0 saturated heterocycles. The van der Waals surface area contributed by atoms with Crippen LogP contribution in [0.5, 0.6) is 0 Å². The zero-order valence-electron chi connectivity index (χ0n) is 11.8. The van der Waals surface area contributed by atoms with Crippen molar-refractivity contribution in [3.8, 4) is 22.4 Å². The van der Waals surface area contributed by atoms with Gasteiger partial charge in [-0.05, 0) is 41.0 Å². The van der Waals surface area contributed by atoms with Gasteiger partial charge in [0.05, 0.1) is 11.7 Å². The minimum atomic E-state index is 0.532. The molecule has 4 nitrogen and oxygen atoms in total. The number of aromatic nitrogens is 3. The molecular formula is C18H14N4. The summed E-state index contributed by atoms with van der Waals surface area (Å²) in [7, 11) is 0. The fourth-order valence-corrected chi connectivity index (χ4v) is 2.60. The van der Waals surface area contributed by atoms with Crippen LogP contribution in [0.25, 0.3) is 33.3 Å². The standard InChI is InChI=1S/C18H14N4/c19-18-10-14(6-8-21-18)12-1-3-13(4-2-12)16-9-15-5-7-20-11-17(15)22-16/h1-11,22H,(H2,19,21). The van der Waals surface area contributed by atoms with Gasteiger partial charge in [0.15, 0.2) is 0 Å². The molecule has 0 unspecified atom stereocenters. The molecule has 0 saturated carbocycles. The van der Waals surface area contributed by atoms with Crippen LogP contribution in [0.4, 0.5) is 5.82 Å². The minimum Gasteiger partial charge on any atom is -0.384 e. The number of nitrogen functional groups attached to an aromatic ring is 1. The SMILES string of the molecule is Nc1cc(-c2ccc(-c3cc4ccncc4[nH]3)cc2)ccn1. The van der Waals surface area contributed by atoms with Crippen molar-refractivity contribution < 1.29 is 0 Å². The van der Waals surface area contributed by atoms with Gasteiger partial charge in [-0.2, -0.15) is 0 Å². The molecule has 4 aromatic rings. The molecule has 0 amide bonds. The number of benzene rings is 1. The number of hydrogen-bond donors (Lipinski definition) is 2. The highest BCUT2D eigenvalue weighted by Crippen LogP contribution is 2.27. The van der Waals surface area contributed by atoms with E-state index in [0.717, 1.165) is 33.3 Å². The molecule has 1 aromatic carbocycles. The van der Waals surface area contributed by atoms with E-state index in [-0.39, 0.29) is 0 Å². The fourth-order valence-electron chi connectivity index (χ4n) is 2.60. The van der Waals surface area contributed by atoms with Crippen LogP contribution in [0, 0.1) is 0 Å². The van der Waals surface area contributed by atoms with Crippen LogP contribution in [0.1, 0.15) is 0 Å². The first kappa shape index (κ1) is 12.6. The van der Waals surface area contributed by atoms with E-state index in [0.29, 0.717) is 5.82 Å². The Hall–Kier alpha value is -3.14. The van der Waals surface area contributed by atoms with E-state index in [1.165, 1.54) is 0 Å². The number of aromatic amines is 1. The molecule has 0 atom stereocenters. The van der Waals surface area contributed by atoms with Gasteiger partial charge in [-0.25, -0.2) is 4.98 Å². The summed E-state index contributed by atoms with van der Waals surface area (Å²) in [5.41, 5.74) is 11.2. The van der Waals surface area contributed by atoms with Crippen molar-refractivity contribution >= 4 is 16.7 Å². The molecule has 22 heavy (non-hydrogen) atoms. The largest absolute Gasteiger partial charge is 0.384 e. The second-order valence-electron chi connectivity index (χ2n) is 5.19. The lowest BCUT2D eigenvalue weighted by atomic mass is 10.0. The zero-order valence-corrected chi connectivity index (χ0v) is 11.8. The monoisotopic (exact) mass is 286 g/mol. The van der Waals surface area contributed by atoms with Crippen molar-refractivity contribution in [2.75, 3.05) is 5.73 Å². The van der Waals surface area contributed by atoms with Crippen LogP contribution in [0.2, 0.25) is 0 Å². The maximum Gasteiger partial charge on any atom is 0.123 e. The summed E-state index contributed by atoms with van der Waals surface area (Å²) in [5, 5.41) is 1.16. The van der Waals surface area contributed by atoms with Crippen LogP contribution in [-0.2, 0) is 0 Å². The third-order valence-electron chi connectivity index (χ3n) is 3.73. The van der Waals surface area contributed by atoms with Crippen molar-refractivity contribution in [1.82, 2.24) is 15.0 Å². The molecule has 4 rings (SSSR count). The predicted octanol–water partition coefficient (Wildman–Crippen LogP) is 3.87. The van der Waals surface area contributed by atoms with Gasteiger partial charge >= 0.3 is 0 Å². The highest BCUT2D eigenvalue weighted by Gasteiger charge is 2.04. The Morgan fingerprint density at radius 3 is 2.41 bits per heavy atom. The quantitative estimate of drug-likeness (QED) is 0.587. The van der Waals surface area contributed by atoms with Crippen LogP contribution in [0.3, 0.4) is 0 Å². The lowest BCUT2D eigenvalue weighted by Gasteiger charge is -2.04. The highest BCUT2D eigenvalue weighted by molar-refractivity contribution is 5.85. The van der Waals surface area contributed by atoms with Gasteiger partial charge in [-0.1, -0.05) is 24.3 Å². The van der Waals surface area contributed by atoms with Crippen LogP contribution >= 0.6 is 0 Å². The number of rotatable bonds is 2. The maximum absolute atomic E-state index is 5.74. The molecule has 0 aliphatic rings. The van der Waals surface area contributed by atoms with Crippen LogP contribution in [-0.4, -0.2) is 15.0 Å². The summed E-state index contributed by atoms with van der Waals surface area (Å²) in [6.07, 6.45) is 5.37. The number of anilines is 1. The highest BCUT2D eigenvalue weighted by atomic mass is 14.8. The van der Waals surface area contributed by atoms with Crippen molar-refractivity contribution in [1.29, 1.82) is 0 Å². The van der Waals surface area contributed by atoms with Gasteiger partial charge in [0.2, 0.25) is 0 Å². The van der Waals surface area contributed by atoms with Crippen molar-refractivity contribution in [2.24, 2.45) is 0 Å². The van der Waals surface area contributed by atoms with Crippen molar-refractivity contribution in [3.63, 3.8) is 0 Å². The Morgan fingerprint density at radius 2 is 1.64 bits per heavy atom. The lowest BCUT2D eigenvalue weighted by Crippen LogP contribution is -1.89. The van der Waals surface area contributed by atoms with E-state index in [9.17, 15) is 0 Å². The molecule has 0 bridgehead atoms. The number of H-pyrrole nitrogens is 1. The number of pyridine rings is 2. The van der Waals surface area contributed by atoms with E-state index in [2.05, 4.69) is 45.3 Å². The Balaban J connectivity index is 1.72. The van der Waals surface area contributed by atoms with Crippen LogP contribution < -0.4 is 5.73 Å². The molecule has 3 heterocycles. The summed E-state index contributed by atoms with van der Waals surface area (Å²) in [5.74, 6) is 0.532. The predicted molar refractivity (Wildman–Crippen MR) is 89.2 cm³/mol. The average Bonchev–Trinajstić information content (AvgIpc) is 2.99. The normalized spacial score (nSPS) is 10.9. The van der Waals surface area contributed by atoms with E-state index < -0.39 is 0 Å². The van der Waals surface area contributed by atoms with Crippen molar-refractivity contribution in [2.45, 2.75) is 0 Å². The van der Waals surface area contributed by atoms with Gasteiger partial charge in [-0.3, -0.25) is 4.98 Å². The van der Waals surface area contributed by atoms with E-state index in [4.69, 9.17) is 5.73 Å². The third-order valence-corrected chi connectivity index (χ3v) is 3.73. The lowest BCUT2D eigenvalue weighted by molar-refractivity contribution is 1.33. The Kier molecular flexibility index (Phi) is 2.86. The van der Waals surface area contributed by atoms with Gasteiger partial charge in [0, 0.05) is 23.5 Å². The Labute approximate surface area is 127 Å². The molecule has 106 valence electrons. The van der Waals surface area contributed by atoms with E-state index >= 15 is 0 Å². The van der Waals surface area contributed by atoms with Crippen molar-refractivity contribution in [3.05, 3.63) is 67.1 Å². The number of fused-ring (bicyclic) bond motifs is 1. The molecule has 3 aromatic heterocycles. The van der Waals surface area contributed by atoms with Gasteiger partial charge in [0.25, 0.3) is 0 Å². The molecular weight excluding hydrogens is 272 g/mol. The Morgan fingerprint density at radius 1 is 0.818 bits per heavy atom. The Bertz CT molecular complexity index is 906. The molecule has 4 heteroatoms. The molecule has 0 spiro atoms. The third kappa shape index (κ3) is 2.20. The molecule has 0 aliphatic carbocycles.